The Morgan fingerprint density at radius 3 is 2.12 bits per heavy atom. The van der Waals surface area contributed by atoms with Gasteiger partial charge in [0, 0.05) is 18.4 Å². The molecule has 0 fully saturated rings. The Morgan fingerprint density at radius 1 is 1.06 bits per heavy atom. The predicted octanol–water partition coefficient (Wildman–Crippen LogP) is 4.33. The fourth-order valence-corrected chi connectivity index (χ4v) is 5.17. The van der Waals surface area contributed by atoms with Crippen molar-refractivity contribution in [2.45, 2.75) is 66.8 Å². The maximum absolute atomic E-state index is 13.8. The second-order valence-electron chi connectivity index (χ2n) is 9.11. The van der Waals surface area contributed by atoms with Crippen LogP contribution < -0.4 is 4.18 Å². The van der Waals surface area contributed by atoms with Crippen LogP contribution in [0.4, 0.5) is 0 Å². The highest BCUT2D eigenvalue weighted by atomic mass is 32.2. The fraction of sp³-hybridized carbons (Fsp3) is 0.500. The zero-order valence-electron chi connectivity index (χ0n) is 21.3. The van der Waals surface area contributed by atoms with Crippen molar-refractivity contribution in [3.8, 4) is 5.88 Å². The molecule has 0 radical (unpaired) electrons. The monoisotopic (exact) mass is 510 g/mol. The minimum atomic E-state index is -3.92. The second kappa shape index (κ2) is 10.0. The number of hydrogen-bond donors (Lipinski definition) is 0. The van der Waals surface area contributed by atoms with Gasteiger partial charge in [-0.3, -0.25) is 4.79 Å². The number of rotatable bonds is 9. The predicted molar refractivity (Wildman–Crippen MR) is 134 cm³/mol. The molecule has 0 atom stereocenters. The maximum Gasteiger partial charge on any atom is 0.310 e. The Kier molecular flexibility index (Phi) is 8.20. The standard InChI is InChI=1S/C24H34N2O6S2/c1-10-34(30,31)32-24-22(18(8)25-26(24)13-14(2)3)23(27)19-11-12-20(33(9,28)29)21(17(19)7)16(6)15(4)5/h11-12,14H,10,13H2,1-9H3. The van der Waals surface area contributed by atoms with E-state index < -0.39 is 25.7 Å². The molecule has 0 aliphatic heterocycles. The van der Waals surface area contributed by atoms with Gasteiger partial charge < -0.3 is 4.18 Å². The minimum Gasteiger partial charge on any atom is -0.361 e. The van der Waals surface area contributed by atoms with E-state index in [1.807, 2.05) is 34.6 Å². The van der Waals surface area contributed by atoms with E-state index in [0.29, 0.717) is 23.4 Å². The molecule has 0 unspecified atom stereocenters. The van der Waals surface area contributed by atoms with Crippen LogP contribution in [0.1, 0.15) is 74.3 Å². The van der Waals surface area contributed by atoms with Crippen LogP contribution in [0.2, 0.25) is 0 Å². The largest absolute Gasteiger partial charge is 0.361 e. The zero-order valence-corrected chi connectivity index (χ0v) is 22.9. The molecule has 0 aliphatic rings. The molecule has 1 heterocycles. The van der Waals surface area contributed by atoms with E-state index in [2.05, 4.69) is 5.10 Å². The number of aromatic nitrogens is 2. The molecule has 0 spiro atoms. The highest BCUT2D eigenvalue weighted by molar-refractivity contribution is 7.90. The summed E-state index contributed by atoms with van der Waals surface area (Å²) >= 11 is 0. The highest BCUT2D eigenvalue weighted by Crippen LogP contribution is 2.34. The molecule has 34 heavy (non-hydrogen) atoms. The molecule has 2 aromatic rings. The van der Waals surface area contributed by atoms with Crippen LogP contribution in [-0.2, 0) is 26.5 Å². The van der Waals surface area contributed by atoms with Gasteiger partial charge in [-0.05, 0) is 76.3 Å². The number of benzene rings is 1. The molecule has 0 saturated carbocycles. The molecule has 8 nitrogen and oxygen atoms in total. The third-order valence-corrected chi connectivity index (χ3v) is 7.86. The molecule has 0 N–H and O–H groups in total. The molecule has 2 rings (SSSR count). The molecule has 0 saturated heterocycles. The van der Waals surface area contributed by atoms with Crippen LogP contribution in [0.25, 0.3) is 5.57 Å². The number of carbonyl (C=O) groups excluding carboxylic acids is 1. The highest BCUT2D eigenvalue weighted by Gasteiger charge is 2.30. The van der Waals surface area contributed by atoms with Crippen LogP contribution in [0.15, 0.2) is 22.6 Å². The maximum atomic E-state index is 13.8. The van der Waals surface area contributed by atoms with Gasteiger partial charge in [-0.1, -0.05) is 19.4 Å². The number of hydrogen-bond acceptors (Lipinski definition) is 7. The van der Waals surface area contributed by atoms with Crippen molar-refractivity contribution in [1.82, 2.24) is 9.78 Å². The van der Waals surface area contributed by atoms with Gasteiger partial charge in [-0.25, -0.2) is 13.1 Å². The first-order valence-electron chi connectivity index (χ1n) is 11.0. The number of carbonyl (C=O) groups is 1. The van der Waals surface area contributed by atoms with E-state index >= 15 is 0 Å². The van der Waals surface area contributed by atoms with E-state index in [0.717, 1.165) is 17.4 Å². The molecule has 1 aromatic carbocycles. The Bertz CT molecular complexity index is 1360. The van der Waals surface area contributed by atoms with Gasteiger partial charge in [-0.2, -0.15) is 13.5 Å². The first kappa shape index (κ1) is 27.8. The lowest BCUT2D eigenvalue weighted by molar-refractivity contribution is 0.103. The topological polar surface area (TPSA) is 112 Å². The van der Waals surface area contributed by atoms with Crippen LogP contribution in [0.5, 0.6) is 5.88 Å². The molecular weight excluding hydrogens is 476 g/mol. The van der Waals surface area contributed by atoms with Gasteiger partial charge in [0.1, 0.15) is 5.56 Å². The van der Waals surface area contributed by atoms with Gasteiger partial charge in [0.25, 0.3) is 0 Å². The number of sulfone groups is 1. The summed E-state index contributed by atoms with van der Waals surface area (Å²) < 4.78 is 56.4. The summed E-state index contributed by atoms with van der Waals surface area (Å²) in [5, 5.41) is 4.39. The van der Waals surface area contributed by atoms with E-state index in [1.54, 1.807) is 13.8 Å². The van der Waals surface area contributed by atoms with Crippen LogP contribution in [0.3, 0.4) is 0 Å². The molecule has 1 aromatic heterocycles. The first-order chi connectivity index (χ1) is 15.5. The van der Waals surface area contributed by atoms with Crippen molar-refractivity contribution >= 4 is 31.3 Å². The average Bonchev–Trinajstić information content (AvgIpc) is 2.99. The van der Waals surface area contributed by atoms with Gasteiger partial charge in [0.05, 0.1) is 16.3 Å². The smallest absolute Gasteiger partial charge is 0.310 e. The normalized spacial score (nSPS) is 12.2. The quantitative estimate of drug-likeness (QED) is 0.364. The van der Waals surface area contributed by atoms with Gasteiger partial charge in [0.2, 0.25) is 11.7 Å². The molecule has 10 heteroatoms. The summed E-state index contributed by atoms with van der Waals surface area (Å²) in [6.45, 7) is 14.6. The van der Waals surface area contributed by atoms with Crippen LogP contribution >= 0.6 is 0 Å². The van der Waals surface area contributed by atoms with Crippen LogP contribution in [0, 0.1) is 19.8 Å². The summed E-state index contributed by atoms with van der Waals surface area (Å²) in [7, 11) is -7.49. The van der Waals surface area contributed by atoms with Crippen molar-refractivity contribution in [2.75, 3.05) is 12.0 Å². The summed E-state index contributed by atoms with van der Waals surface area (Å²) in [4.78, 5) is 13.9. The minimum absolute atomic E-state index is 0.0497. The average molecular weight is 511 g/mol. The summed E-state index contributed by atoms with van der Waals surface area (Å²) in [5.74, 6) is -0.741. The first-order valence-corrected chi connectivity index (χ1v) is 14.5. The van der Waals surface area contributed by atoms with E-state index in [4.69, 9.17) is 4.18 Å². The van der Waals surface area contributed by atoms with Crippen molar-refractivity contribution in [3.63, 3.8) is 0 Å². The number of nitrogens with zero attached hydrogens (tertiary/aromatic N) is 2. The van der Waals surface area contributed by atoms with E-state index in [-0.39, 0.29) is 33.6 Å². The lowest BCUT2D eigenvalue weighted by Gasteiger charge is -2.17. The Labute approximate surface area is 203 Å². The second-order valence-corrected chi connectivity index (χ2v) is 13.0. The lowest BCUT2D eigenvalue weighted by atomic mass is 9.91. The number of ketones is 1. The van der Waals surface area contributed by atoms with Gasteiger partial charge in [-0.15, -0.1) is 0 Å². The summed E-state index contributed by atoms with van der Waals surface area (Å²) in [5.41, 5.74) is 3.28. The third kappa shape index (κ3) is 5.78. The molecule has 188 valence electrons. The Hall–Kier alpha value is -2.46. The van der Waals surface area contributed by atoms with Crippen molar-refractivity contribution < 1.29 is 25.8 Å². The molecule has 0 amide bonds. The van der Waals surface area contributed by atoms with Crippen molar-refractivity contribution in [2.24, 2.45) is 5.92 Å². The third-order valence-electron chi connectivity index (χ3n) is 5.60. The Morgan fingerprint density at radius 2 is 1.65 bits per heavy atom. The molecule has 0 bridgehead atoms. The lowest BCUT2D eigenvalue weighted by Crippen LogP contribution is -2.18. The summed E-state index contributed by atoms with van der Waals surface area (Å²) in [6, 6.07) is 2.89. The number of aryl methyl sites for hydroxylation is 1. The molecular formula is C24H34N2O6S2. The van der Waals surface area contributed by atoms with Gasteiger partial charge >= 0.3 is 10.1 Å². The molecule has 0 aliphatic carbocycles. The van der Waals surface area contributed by atoms with Crippen molar-refractivity contribution in [3.05, 3.63) is 45.7 Å². The summed E-state index contributed by atoms with van der Waals surface area (Å²) in [6.07, 6.45) is 1.13. The van der Waals surface area contributed by atoms with Crippen molar-refractivity contribution in [1.29, 1.82) is 0 Å². The fourth-order valence-electron chi connectivity index (χ4n) is 3.65. The zero-order chi connectivity index (χ0) is 26.2. The Balaban J connectivity index is 2.86. The van der Waals surface area contributed by atoms with E-state index in [1.165, 1.54) is 23.7 Å². The number of allylic oxidation sites excluding steroid dienone is 2. The van der Waals surface area contributed by atoms with E-state index in [9.17, 15) is 21.6 Å². The van der Waals surface area contributed by atoms with Gasteiger partial charge in [0.15, 0.2) is 9.84 Å². The SMILES string of the molecule is CCS(=O)(=O)Oc1c(C(=O)c2ccc(S(C)(=O)=O)c(C(C)=C(C)C)c2C)c(C)nn1CC(C)C. The van der Waals surface area contributed by atoms with Crippen LogP contribution in [-0.4, -0.2) is 44.4 Å².